The molecular weight excluding hydrogens is 232 g/mol. The van der Waals surface area contributed by atoms with Crippen molar-refractivity contribution in [3.05, 3.63) is 29.3 Å². The van der Waals surface area contributed by atoms with Crippen LogP contribution in [0.25, 0.3) is 0 Å². The molecular formula is C14H16O4. The molecule has 1 aromatic carbocycles. The lowest BCUT2D eigenvalue weighted by Crippen LogP contribution is -2.19. The van der Waals surface area contributed by atoms with Crippen molar-refractivity contribution in [1.82, 2.24) is 0 Å². The molecule has 0 aromatic heterocycles. The summed E-state index contributed by atoms with van der Waals surface area (Å²) in [5.74, 6) is 0.353. The van der Waals surface area contributed by atoms with Gasteiger partial charge in [0.15, 0.2) is 12.4 Å². The Morgan fingerprint density at radius 3 is 2.83 bits per heavy atom. The van der Waals surface area contributed by atoms with E-state index in [1.54, 1.807) is 32.0 Å². The van der Waals surface area contributed by atoms with E-state index in [0.29, 0.717) is 24.2 Å². The largest absolute Gasteiger partial charge is 0.482 e. The highest BCUT2D eigenvalue weighted by Gasteiger charge is 2.22. The summed E-state index contributed by atoms with van der Waals surface area (Å²) in [5, 5.41) is 0. The molecule has 0 saturated heterocycles. The fourth-order valence-corrected chi connectivity index (χ4v) is 2.03. The molecule has 2 rings (SSSR count). The van der Waals surface area contributed by atoms with Crippen LogP contribution < -0.4 is 4.74 Å². The van der Waals surface area contributed by atoms with Crippen molar-refractivity contribution in [2.24, 2.45) is 0 Å². The van der Waals surface area contributed by atoms with Gasteiger partial charge in [-0.2, -0.15) is 0 Å². The Bertz CT molecular complexity index is 477. The molecule has 18 heavy (non-hydrogen) atoms. The summed E-state index contributed by atoms with van der Waals surface area (Å²) < 4.78 is 10.4. The molecule has 0 N–H and O–H groups in total. The average molecular weight is 248 g/mol. The first-order chi connectivity index (χ1) is 8.58. The first-order valence-corrected chi connectivity index (χ1v) is 6.05. The lowest BCUT2D eigenvalue weighted by atomic mass is 10.1. The quantitative estimate of drug-likeness (QED) is 0.766. The molecule has 0 atom stereocenters. The van der Waals surface area contributed by atoms with Crippen molar-refractivity contribution in [1.29, 1.82) is 0 Å². The van der Waals surface area contributed by atoms with Gasteiger partial charge in [0.1, 0.15) is 5.75 Å². The highest BCUT2D eigenvalue weighted by Crippen LogP contribution is 2.30. The van der Waals surface area contributed by atoms with Gasteiger partial charge >= 0.3 is 5.97 Å². The number of Topliss-reactive ketones (excluding diaryl/α,β-unsaturated/α-hetero) is 1. The lowest BCUT2D eigenvalue weighted by molar-refractivity contribution is -0.149. The second-order valence-corrected chi connectivity index (χ2v) is 4.53. The maximum Gasteiger partial charge on any atom is 0.344 e. The summed E-state index contributed by atoms with van der Waals surface area (Å²) in [6.45, 7) is 3.45. The minimum Gasteiger partial charge on any atom is -0.482 e. The second kappa shape index (κ2) is 5.21. The topological polar surface area (TPSA) is 52.6 Å². The number of benzene rings is 1. The molecule has 1 aliphatic carbocycles. The van der Waals surface area contributed by atoms with E-state index in [-0.39, 0.29) is 18.5 Å². The van der Waals surface area contributed by atoms with E-state index in [9.17, 15) is 9.59 Å². The Labute approximate surface area is 106 Å². The van der Waals surface area contributed by atoms with Crippen LogP contribution in [0.1, 0.15) is 36.2 Å². The summed E-state index contributed by atoms with van der Waals surface area (Å²) in [6.07, 6.45) is 1.06. The van der Waals surface area contributed by atoms with E-state index in [4.69, 9.17) is 9.47 Å². The molecule has 4 nitrogen and oxygen atoms in total. The van der Waals surface area contributed by atoms with E-state index in [2.05, 4.69) is 0 Å². The van der Waals surface area contributed by atoms with Crippen LogP contribution in [0.3, 0.4) is 0 Å². The highest BCUT2D eigenvalue weighted by atomic mass is 16.6. The zero-order valence-corrected chi connectivity index (χ0v) is 10.6. The van der Waals surface area contributed by atoms with Crippen LogP contribution in [0.4, 0.5) is 0 Å². The monoisotopic (exact) mass is 248 g/mol. The molecule has 0 unspecified atom stereocenters. The third kappa shape index (κ3) is 2.70. The minimum atomic E-state index is -0.396. The van der Waals surface area contributed by atoms with Crippen LogP contribution in [-0.4, -0.2) is 24.5 Å². The molecule has 0 saturated carbocycles. The van der Waals surface area contributed by atoms with Crippen molar-refractivity contribution < 1.29 is 19.1 Å². The number of carbonyl (C=O) groups excluding carboxylic acids is 2. The number of hydrogen-bond donors (Lipinski definition) is 0. The number of rotatable bonds is 4. The number of esters is 1. The maximum atomic E-state index is 11.6. The molecule has 0 radical (unpaired) electrons. The first kappa shape index (κ1) is 12.6. The van der Waals surface area contributed by atoms with Crippen LogP contribution in [0.15, 0.2) is 18.2 Å². The van der Waals surface area contributed by atoms with Gasteiger partial charge in [-0.25, -0.2) is 4.79 Å². The third-order valence-electron chi connectivity index (χ3n) is 2.75. The smallest absolute Gasteiger partial charge is 0.344 e. The van der Waals surface area contributed by atoms with Crippen LogP contribution in [0, 0.1) is 0 Å². The lowest BCUT2D eigenvalue weighted by Gasteiger charge is -2.11. The molecule has 1 aliphatic rings. The second-order valence-electron chi connectivity index (χ2n) is 4.53. The number of hydrogen-bond acceptors (Lipinski definition) is 4. The molecule has 0 amide bonds. The van der Waals surface area contributed by atoms with Gasteiger partial charge < -0.3 is 9.47 Å². The van der Waals surface area contributed by atoms with Gasteiger partial charge in [-0.15, -0.1) is 0 Å². The summed E-state index contributed by atoms with van der Waals surface area (Å²) in [7, 11) is 0. The van der Waals surface area contributed by atoms with Gasteiger partial charge in [0.05, 0.1) is 6.10 Å². The van der Waals surface area contributed by atoms with E-state index in [1.165, 1.54) is 0 Å². The fraction of sp³-hybridized carbons (Fsp3) is 0.429. The van der Waals surface area contributed by atoms with Crippen molar-refractivity contribution >= 4 is 11.8 Å². The number of fused-ring (bicyclic) bond motifs is 1. The molecule has 0 spiro atoms. The predicted molar refractivity (Wildman–Crippen MR) is 65.8 cm³/mol. The Hall–Kier alpha value is -1.84. The zero-order valence-electron chi connectivity index (χ0n) is 10.6. The molecule has 1 aromatic rings. The molecule has 4 heteroatoms. The maximum absolute atomic E-state index is 11.6. The van der Waals surface area contributed by atoms with Gasteiger partial charge in [-0.3, -0.25) is 4.79 Å². The third-order valence-corrected chi connectivity index (χ3v) is 2.75. The van der Waals surface area contributed by atoms with E-state index >= 15 is 0 Å². The van der Waals surface area contributed by atoms with Crippen molar-refractivity contribution in [2.45, 2.75) is 32.8 Å². The standard InChI is InChI=1S/C14H16O4/c1-9(2)18-14(16)8-17-13-5-3-4-10-11(13)6-7-12(10)15/h3-5,9H,6-8H2,1-2H3. The molecule has 0 fully saturated rings. The number of ketones is 1. The summed E-state index contributed by atoms with van der Waals surface area (Å²) in [4.78, 5) is 22.9. The van der Waals surface area contributed by atoms with E-state index in [1.807, 2.05) is 0 Å². The Balaban J connectivity index is 2.03. The summed E-state index contributed by atoms with van der Waals surface area (Å²) in [5.41, 5.74) is 1.62. The number of ether oxygens (including phenoxy) is 2. The fourth-order valence-electron chi connectivity index (χ4n) is 2.03. The van der Waals surface area contributed by atoms with Crippen LogP contribution in [0.5, 0.6) is 5.75 Å². The van der Waals surface area contributed by atoms with Crippen molar-refractivity contribution in [3.8, 4) is 5.75 Å². The average Bonchev–Trinajstić information content (AvgIpc) is 2.68. The van der Waals surface area contributed by atoms with Crippen LogP contribution in [0.2, 0.25) is 0 Å². The number of carbonyl (C=O) groups is 2. The molecule has 0 bridgehead atoms. The summed E-state index contributed by atoms with van der Waals surface area (Å²) in [6, 6.07) is 5.34. The van der Waals surface area contributed by atoms with Crippen LogP contribution >= 0.6 is 0 Å². The highest BCUT2D eigenvalue weighted by molar-refractivity contribution is 6.01. The molecule has 96 valence electrons. The van der Waals surface area contributed by atoms with Gasteiger partial charge in [0, 0.05) is 17.5 Å². The van der Waals surface area contributed by atoms with Crippen molar-refractivity contribution in [2.75, 3.05) is 6.61 Å². The van der Waals surface area contributed by atoms with Gasteiger partial charge in [-0.1, -0.05) is 12.1 Å². The summed E-state index contributed by atoms with van der Waals surface area (Å²) >= 11 is 0. The zero-order chi connectivity index (χ0) is 13.1. The van der Waals surface area contributed by atoms with Crippen LogP contribution in [-0.2, 0) is 16.0 Å². The first-order valence-electron chi connectivity index (χ1n) is 6.05. The molecule has 0 heterocycles. The Morgan fingerprint density at radius 2 is 2.11 bits per heavy atom. The van der Waals surface area contributed by atoms with Gasteiger partial charge in [0.2, 0.25) is 0 Å². The SMILES string of the molecule is CC(C)OC(=O)COc1cccc2c1CCC2=O. The van der Waals surface area contributed by atoms with Gasteiger partial charge in [-0.05, 0) is 26.3 Å². The Morgan fingerprint density at radius 1 is 1.33 bits per heavy atom. The van der Waals surface area contributed by atoms with E-state index in [0.717, 1.165) is 5.56 Å². The molecule has 0 aliphatic heterocycles. The van der Waals surface area contributed by atoms with E-state index < -0.39 is 5.97 Å². The van der Waals surface area contributed by atoms with Gasteiger partial charge in [0.25, 0.3) is 0 Å². The predicted octanol–water partition coefficient (Wildman–Crippen LogP) is 2.15. The minimum absolute atomic E-state index is 0.122. The Kier molecular flexibility index (Phi) is 3.65. The normalized spacial score (nSPS) is 13.6. The van der Waals surface area contributed by atoms with Crippen molar-refractivity contribution in [3.63, 3.8) is 0 Å².